The van der Waals surface area contributed by atoms with Crippen LogP contribution in [0.15, 0.2) is 36.9 Å². The summed E-state index contributed by atoms with van der Waals surface area (Å²) < 4.78 is 5.21. The third kappa shape index (κ3) is 3.06. The molecule has 0 aliphatic carbocycles. The van der Waals surface area contributed by atoms with E-state index in [0.717, 1.165) is 32.9 Å². The highest BCUT2D eigenvalue weighted by atomic mass is 32.1. The van der Waals surface area contributed by atoms with Gasteiger partial charge in [0.05, 0.1) is 12.5 Å². The van der Waals surface area contributed by atoms with Crippen LogP contribution >= 0.6 is 11.3 Å². The Labute approximate surface area is 150 Å². The van der Waals surface area contributed by atoms with Gasteiger partial charge in [0.2, 0.25) is 0 Å². The highest BCUT2D eigenvalue weighted by Gasteiger charge is 2.19. The molecule has 0 saturated heterocycles. The zero-order chi connectivity index (χ0) is 18.0. The second-order valence-electron chi connectivity index (χ2n) is 5.62. The topological polar surface area (TPSA) is 62.0 Å². The molecule has 25 heavy (non-hydrogen) atoms. The Morgan fingerprint density at radius 2 is 2.04 bits per heavy atom. The molecule has 0 spiro atoms. The monoisotopic (exact) mass is 350 g/mol. The van der Waals surface area contributed by atoms with E-state index in [1.165, 1.54) is 11.3 Å². The van der Waals surface area contributed by atoms with Crippen molar-refractivity contribution >= 4 is 27.4 Å². The highest BCUT2D eigenvalue weighted by molar-refractivity contribution is 7.19. The van der Waals surface area contributed by atoms with Crippen molar-refractivity contribution in [1.29, 1.82) is 5.26 Å². The van der Waals surface area contributed by atoms with Crippen LogP contribution in [0.3, 0.4) is 0 Å². The van der Waals surface area contributed by atoms with Crippen LogP contribution in [0.5, 0.6) is 5.75 Å². The lowest BCUT2D eigenvalue weighted by molar-refractivity contribution is 0.415. The minimum Gasteiger partial charge on any atom is -0.497 e. The fourth-order valence-corrected chi connectivity index (χ4v) is 3.62. The van der Waals surface area contributed by atoms with Crippen molar-refractivity contribution < 1.29 is 4.74 Å². The summed E-state index contributed by atoms with van der Waals surface area (Å²) >= 11 is 1.40. The molecule has 0 atom stereocenters. The van der Waals surface area contributed by atoms with Gasteiger partial charge in [-0.1, -0.05) is 6.08 Å². The largest absolute Gasteiger partial charge is 0.497 e. The van der Waals surface area contributed by atoms with Crippen LogP contribution in [-0.2, 0) is 0 Å². The average Bonchev–Trinajstić information content (AvgIpc) is 2.97. The number of aromatic nitrogens is 2. The van der Waals surface area contributed by atoms with Crippen LogP contribution in [0.2, 0.25) is 0 Å². The van der Waals surface area contributed by atoms with Gasteiger partial charge in [0, 0.05) is 19.2 Å². The molecule has 0 amide bonds. The van der Waals surface area contributed by atoms with Gasteiger partial charge < -0.3 is 9.64 Å². The standard InChI is InChI=1S/C19H18N4OS/c1-5-10-23(3)18-16-12(2)15(11-20)25-19(16)22-17(21-18)13-6-8-14(24-4)9-7-13/h5-9H,1,10H2,2-4H3. The lowest BCUT2D eigenvalue weighted by atomic mass is 10.1. The molecule has 2 heterocycles. The lowest BCUT2D eigenvalue weighted by Crippen LogP contribution is -2.19. The van der Waals surface area contributed by atoms with Crippen LogP contribution < -0.4 is 9.64 Å². The molecular weight excluding hydrogens is 332 g/mol. The van der Waals surface area contributed by atoms with Crippen molar-refractivity contribution in [3.63, 3.8) is 0 Å². The molecule has 3 aromatic rings. The van der Waals surface area contributed by atoms with Crippen molar-refractivity contribution in [2.75, 3.05) is 25.6 Å². The molecule has 0 saturated carbocycles. The SMILES string of the molecule is C=CCN(C)c1nc(-c2ccc(OC)cc2)nc2sc(C#N)c(C)c12. The maximum Gasteiger partial charge on any atom is 0.163 e. The summed E-state index contributed by atoms with van der Waals surface area (Å²) in [6, 6.07) is 9.89. The number of likely N-dealkylation sites (N-methyl/N-ethyl adjacent to an activating group) is 1. The number of nitrogens with zero attached hydrogens (tertiary/aromatic N) is 4. The number of benzene rings is 1. The Bertz CT molecular complexity index is 970. The molecule has 126 valence electrons. The first-order valence-electron chi connectivity index (χ1n) is 7.76. The van der Waals surface area contributed by atoms with E-state index in [2.05, 4.69) is 12.6 Å². The van der Waals surface area contributed by atoms with E-state index in [-0.39, 0.29) is 0 Å². The maximum absolute atomic E-state index is 9.36. The van der Waals surface area contributed by atoms with Gasteiger partial charge in [-0.2, -0.15) is 5.26 Å². The van der Waals surface area contributed by atoms with Crippen LogP contribution in [-0.4, -0.2) is 30.7 Å². The second kappa shape index (κ2) is 6.91. The van der Waals surface area contributed by atoms with Crippen molar-refractivity contribution in [3.05, 3.63) is 47.4 Å². The summed E-state index contributed by atoms with van der Waals surface area (Å²) in [6.07, 6.45) is 1.83. The third-order valence-electron chi connectivity index (χ3n) is 3.99. The molecule has 0 aliphatic rings. The molecule has 5 nitrogen and oxygen atoms in total. The first-order chi connectivity index (χ1) is 12.1. The van der Waals surface area contributed by atoms with E-state index in [4.69, 9.17) is 14.7 Å². The number of thiophene rings is 1. The summed E-state index contributed by atoms with van der Waals surface area (Å²) in [7, 11) is 3.60. The molecule has 0 unspecified atom stereocenters. The molecule has 0 radical (unpaired) electrons. The van der Waals surface area contributed by atoms with Crippen LogP contribution in [0.1, 0.15) is 10.4 Å². The molecule has 0 N–H and O–H groups in total. The number of rotatable bonds is 5. The van der Waals surface area contributed by atoms with Gasteiger partial charge >= 0.3 is 0 Å². The van der Waals surface area contributed by atoms with Crippen LogP contribution in [0.4, 0.5) is 5.82 Å². The van der Waals surface area contributed by atoms with E-state index >= 15 is 0 Å². The van der Waals surface area contributed by atoms with Gasteiger partial charge in [0.1, 0.15) is 27.3 Å². The molecular formula is C19H18N4OS. The molecule has 6 heteroatoms. The number of fused-ring (bicyclic) bond motifs is 1. The number of methoxy groups -OCH3 is 1. The quantitative estimate of drug-likeness (QED) is 0.646. The van der Waals surface area contributed by atoms with Gasteiger partial charge in [-0.3, -0.25) is 0 Å². The molecule has 2 aromatic heterocycles. The molecule has 0 bridgehead atoms. The lowest BCUT2D eigenvalue weighted by Gasteiger charge is -2.18. The predicted molar refractivity (Wildman–Crippen MR) is 102 cm³/mol. The number of ether oxygens (including phenoxy) is 1. The highest BCUT2D eigenvalue weighted by Crippen LogP contribution is 2.36. The average molecular weight is 350 g/mol. The van der Waals surface area contributed by atoms with E-state index < -0.39 is 0 Å². The molecule has 1 aromatic carbocycles. The second-order valence-corrected chi connectivity index (χ2v) is 6.62. The van der Waals surface area contributed by atoms with Gasteiger partial charge in [-0.25, -0.2) is 9.97 Å². The van der Waals surface area contributed by atoms with Crippen LogP contribution in [0.25, 0.3) is 21.6 Å². The predicted octanol–water partition coefficient (Wildman–Crippen LogP) is 4.17. The zero-order valence-corrected chi connectivity index (χ0v) is 15.2. The first-order valence-corrected chi connectivity index (χ1v) is 8.58. The fraction of sp³-hybridized carbons (Fsp3) is 0.211. The molecule has 0 fully saturated rings. The summed E-state index contributed by atoms with van der Waals surface area (Å²) in [5.41, 5.74) is 1.83. The number of aryl methyl sites for hydroxylation is 1. The Morgan fingerprint density at radius 1 is 1.32 bits per heavy atom. The summed E-state index contributed by atoms with van der Waals surface area (Å²) in [5.74, 6) is 2.23. The van der Waals surface area contributed by atoms with Gasteiger partial charge in [0.25, 0.3) is 0 Å². The normalized spacial score (nSPS) is 10.5. The Balaban J connectivity index is 2.23. The van der Waals surface area contributed by atoms with Crippen molar-refractivity contribution in [2.45, 2.75) is 6.92 Å². The van der Waals surface area contributed by atoms with Crippen molar-refractivity contribution in [2.24, 2.45) is 0 Å². The molecule has 3 rings (SSSR count). The van der Waals surface area contributed by atoms with Gasteiger partial charge in [-0.05, 0) is 36.8 Å². The Kier molecular flexibility index (Phi) is 4.68. The summed E-state index contributed by atoms with van der Waals surface area (Å²) in [6.45, 7) is 6.40. The van der Waals surface area contributed by atoms with Crippen molar-refractivity contribution in [1.82, 2.24) is 9.97 Å². The van der Waals surface area contributed by atoms with E-state index in [1.807, 2.05) is 49.2 Å². The first kappa shape index (κ1) is 16.9. The minimum absolute atomic E-state index is 0.631. The van der Waals surface area contributed by atoms with Gasteiger partial charge in [-0.15, -0.1) is 17.9 Å². The summed E-state index contributed by atoms with van der Waals surface area (Å²) in [5, 5.41) is 10.3. The zero-order valence-electron chi connectivity index (χ0n) is 14.4. The van der Waals surface area contributed by atoms with E-state index in [9.17, 15) is 5.26 Å². The number of nitriles is 1. The number of anilines is 1. The third-order valence-corrected chi connectivity index (χ3v) is 5.08. The van der Waals surface area contributed by atoms with E-state index in [1.54, 1.807) is 7.11 Å². The van der Waals surface area contributed by atoms with Crippen LogP contribution in [0, 0.1) is 18.3 Å². The van der Waals surface area contributed by atoms with Gasteiger partial charge in [0.15, 0.2) is 5.82 Å². The Hall–Kier alpha value is -2.91. The number of hydrogen-bond donors (Lipinski definition) is 0. The molecule has 0 aliphatic heterocycles. The minimum atomic E-state index is 0.631. The fourth-order valence-electron chi connectivity index (χ4n) is 2.65. The smallest absolute Gasteiger partial charge is 0.163 e. The van der Waals surface area contributed by atoms with Crippen molar-refractivity contribution in [3.8, 4) is 23.2 Å². The summed E-state index contributed by atoms with van der Waals surface area (Å²) in [4.78, 5) is 13.0. The number of hydrogen-bond acceptors (Lipinski definition) is 6. The maximum atomic E-state index is 9.36. The van der Waals surface area contributed by atoms with E-state index in [0.29, 0.717) is 17.2 Å². The Morgan fingerprint density at radius 3 is 2.64 bits per heavy atom.